The fourth-order valence-corrected chi connectivity index (χ4v) is 5.97. The number of nitrogens with zero attached hydrogens (tertiary/aromatic N) is 3. The van der Waals surface area contributed by atoms with E-state index in [0.29, 0.717) is 11.6 Å². The number of carbonyl (C=O) groups is 1. The van der Waals surface area contributed by atoms with Crippen LogP contribution in [0.4, 0.5) is 0 Å². The normalized spacial score (nSPS) is 18.8. The van der Waals surface area contributed by atoms with Gasteiger partial charge in [-0.15, -0.1) is 11.3 Å². The number of likely N-dealkylation sites (tertiary alicyclic amines) is 1. The lowest BCUT2D eigenvalue weighted by Crippen LogP contribution is -2.47. The summed E-state index contributed by atoms with van der Waals surface area (Å²) in [5, 5.41) is 2.19. The van der Waals surface area contributed by atoms with Gasteiger partial charge >= 0.3 is 0 Å². The number of fused-ring (bicyclic) bond motifs is 1. The molecule has 1 aromatic carbocycles. The fraction of sp³-hybridized carbons (Fsp3) is 0.476. The van der Waals surface area contributed by atoms with E-state index in [9.17, 15) is 13.2 Å². The van der Waals surface area contributed by atoms with Crippen LogP contribution >= 0.6 is 11.3 Å². The molecule has 2 aromatic rings. The Morgan fingerprint density at radius 1 is 1.07 bits per heavy atom. The van der Waals surface area contributed by atoms with E-state index in [1.165, 1.54) is 41.0 Å². The molecule has 2 aliphatic heterocycles. The highest BCUT2D eigenvalue weighted by atomic mass is 32.2. The third-order valence-electron chi connectivity index (χ3n) is 5.99. The molecule has 4 rings (SSSR count). The first-order valence-electron chi connectivity index (χ1n) is 9.97. The summed E-state index contributed by atoms with van der Waals surface area (Å²) in [6.45, 7) is 3.62. The summed E-state index contributed by atoms with van der Waals surface area (Å²) in [6.07, 6.45) is 3.10. The molecular weight excluding hydrogens is 406 g/mol. The average molecular weight is 434 g/mol. The largest absolute Gasteiger partial charge is 0.339 e. The van der Waals surface area contributed by atoms with Crippen LogP contribution in [0.1, 0.15) is 33.6 Å². The van der Waals surface area contributed by atoms with Gasteiger partial charge in [0.05, 0.1) is 4.90 Å². The molecule has 8 heteroatoms. The van der Waals surface area contributed by atoms with Crippen molar-refractivity contribution in [1.29, 1.82) is 0 Å². The van der Waals surface area contributed by atoms with Gasteiger partial charge in [0.1, 0.15) is 0 Å². The summed E-state index contributed by atoms with van der Waals surface area (Å²) in [7, 11) is -0.477. The molecule has 1 fully saturated rings. The Kier molecular flexibility index (Phi) is 5.79. The maximum atomic E-state index is 12.9. The van der Waals surface area contributed by atoms with Crippen molar-refractivity contribution in [2.75, 3.05) is 33.7 Å². The molecule has 0 aliphatic carbocycles. The molecule has 0 spiro atoms. The lowest BCUT2D eigenvalue weighted by molar-refractivity contribution is 0.0600. The molecular formula is C21H27N3O3S2. The second kappa shape index (κ2) is 8.18. The topological polar surface area (TPSA) is 60.9 Å². The lowest BCUT2D eigenvalue weighted by atomic mass is 9.99. The first-order valence-corrected chi connectivity index (χ1v) is 12.3. The molecule has 0 unspecified atom stereocenters. The van der Waals surface area contributed by atoms with Crippen LogP contribution < -0.4 is 0 Å². The first kappa shape index (κ1) is 20.5. The quantitative estimate of drug-likeness (QED) is 0.744. The van der Waals surface area contributed by atoms with Gasteiger partial charge in [0.25, 0.3) is 5.91 Å². The van der Waals surface area contributed by atoms with E-state index in [1.807, 2.05) is 16.2 Å². The Bertz CT molecular complexity index is 975. The molecule has 29 heavy (non-hydrogen) atoms. The van der Waals surface area contributed by atoms with Crippen LogP contribution in [-0.2, 0) is 23.0 Å². The molecule has 3 heterocycles. The van der Waals surface area contributed by atoms with E-state index in [2.05, 4.69) is 16.3 Å². The second-order valence-corrected chi connectivity index (χ2v) is 11.1. The van der Waals surface area contributed by atoms with Gasteiger partial charge in [-0.2, -0.15) is 0 Å². The predicted molar refractivity (Wildman–Crippen MR) is 115 cm³/mol. The number of sulfonamides is 1. The third kappa shape index (κ3) is 4.12. The zero-order valence-electron chi connectivity index (χ0n) is 16.9. The SMILES string of the molecule is CN(C)S(=O)(=O)c1ccc(C(=O)N2CCC(N3CCc4sccc4C3)CC2)cc1. The van der Waals surface area contributed by atoms with Crippen LogP contribution in [-0.4, -0.2) is 68.2 Å². The average Bonchev–Trinajstić information content (AvgIpc) is 3.21. The van der Waals surface area contributed by atoms with E-state index in [0.717, 1.165) is 45.4 Å². The number of amides is 1. The Morgan fingerprint density at radius 3 is 2.41 bits per heavy atom. The van der Waals surface area contributed by atoms with Crippen molar-refractivity contribution in [3.63, 3.8) is 0 Å². The number of carbonyl (C=O) groups excluding carboxylic acids is 1. The molecule has 156 valence electrons. The number of thiophene rings is 1. The van der Waals surface area contributed by atoms with Crippen molar-refractivity contribution in [2.24, 2.45) is 0 Å². The monoisotopic (exact) mass is 433 g/mol. The molecule has 0 N–H and O–H groups in total. The van der Waals surface area contributed by atoms with Crippen molar-refractivity contribution in [1.82, 2.24) is 14.1 Å². The summed E-state index contributed by atoms with van der Waals surface area (Å²) in [5.41, 5.74) is 2.01. The molecule has 1 amide bonds. The first-order chi connectivity index (χ1) is 13.9. The summed E-state index contributed by atoms with van der Waals surface area (Å²) in [5.74, 6) is -0.0176. The second-order valence-electron chi connectivity index (χ2n) is 7.92. The minimum absolute atomic E-state index is 0.0176. The van der Waals surface area contributed by atoms with Gasteiger partial charge in [-0.3, -0.25) is 9.69 Å². The van der Waals surface area contributed by atoms with Crippen molar-refractivity contribution in [3.05, 3.63) is 51.7 Å². The molecule has 0 saturated carbocycles. The standard InChI is InChI=1S/C21H27N3O3S2/c1-22(2)29(26,27)19-5-3-16(4-6-19)21(25)23-11-7-18(8-12-23)24-13-9-20-17(15-24)10-14-28-20/h3-6,10,14,18H,7-9,11-13,15H2,1-2H3. The Balaban J connectivity index is 1.36. The molecule has 6 nitrogen and oxygen atoms in total. The molecule has 1 saturated heterocycles. The van der Waals surface area contributed by atoms with Crippen molar-refractivity contribution in [2.45, 2.75) is 36.7 Å². The predicted octanol–water partition coefficient (Wildman–Crippen LogP) is 2.66. The van der Waals surface area contributed by atoms with Gasteiger partial charge in [-0.25, -0.2) is 12.7 Å². The molecule has 0 radical (unpaired) electrons. The number of hydrogen-bond acceptors (Lipinski definition) is 5. The third-order valence-corrected chi connectivity index (χ3v) is 8.84. The van der Waals surface area contributed by atoms with Crippen LogP contribution in [0.2, 0.25) is 0 Å². The minimum Gasteiger partial charge on any atom is -0.339 e. The Labute approximate surface area is 176 Å². The minimum atomic E-state index is -3.48. The summed E-state index contributed by atoms with van der Waals surface area (Å²) in [4.78, 5) is 19.0. The molecule has 0 bridgehead atoms. The lowest BCUT2D eigenvalue weighted by Gasteiger charge is -2.40. The van der Waals surface area contributed by atoms with Gasteiger partial charge in [0, 0.05) is 56.8 Å². The number of hydrogen-bond donors (Lipinski definition) is 0. The maximum Gasteiger partial charge on any atom is 0.253 e. The number of benzene rings is 1. The van der Waals surface area contributed by atoms with Gasteiger partial charge < -0.3 is 4.90 Å². The molecule has 0 atom stereocenters. The van der Waals surface area contributed by atoms with E-state index in [1.54, 1.807) is 12.1 Å². The number of piperidine rings is 1. The maximum absolute atomic E-state index is 12.9. The van der Waals surface area contributed by atoms with Crippen molar-refractivity contribution < 1.29 is 13.2 Å². The van der Waals surface area contributed by atoms with Crippen LogP contribution in [0.15, 0.2) is 40.6 Å². The van der Waals surface area contributed by atoms with Crippen LogP contribution in [0.25, 0.3) is 0 Å². The van der Waals surface area contributed by atoms with E-state index in [4.69, 9.17) is 0 Å². The van der Waals surface area contributed by atoms with Crippen LogP contribution in [0, 0.1) is 0 Å². The van der Waals surface area contributed by atoms with E-state index >= 15 is 0 Å². The van der Waals surface area contributed by atoms with E-state index in [-0.39, 0.29) is 10.8 Å². The smallest absolute Gasteiger partial charge is 0.253 e. The zero-order chi connectivity index (χ0) is 20.6. The zero-order valence-corrected chi connectivity index (χ0v) is 18.5. The van der Waals surface area contributed by atoms with Gasteiger partial charge in [0.15, 0.2) is 0 Å². The summed E-state index contributed by atoms with van der Waals surface area (Å²) >= 11 is 1.86. The Hall–Kier alpha value is -1.74. The fourth-order valence-electron chi connectivity index (χ4n) is 4.18. The number of rotatable bonds is 4. The van der Waals surface area contributed by atoms with Gasteiger partial charge in [0.2, 0.25) is 10.0 Å². The van der Waals surface area contributed by atoms with Crippen molar-refractivity contribution >= 4 is 27.3 Å². The Morgan fingerprint density at radius 2 is 1.76 bits per heavy atom. The van der Waals surface area contributed by atoms with E-state index < -0.39 is 10.0 Å². The summed E-state index contributed by atoms with van der Waals surface area (Å²) in [6, 6.07) is 9.04. The molecule has 2 aliphatic rings. The van der Waals surface area contributed by atoms with Gasteiger partial charge in [-0.1, -0.05) is 0 Å². The van der Waals surface area contributed by atoms with Crippen molar-refractivity contribution in [3.8, 4) is 0 Å². The highest BCUT2D eigenvalue weighted by molar-refractivity contribution is 7.89. The molecule has 1 aromatic heterocycles. The highest BCUT2D eigenvalue weighted by Gasteiger charge is 2.29. The highest BCUT2D eigenvalue weighted by Crippen LogP contribution is 2.28. The summed E-state index contributed by atoms with van der Waals surface area (Å²) < 4.78 is 25.5. The van der Waals surface area contributed by atoms with Crippen LogP contribution in [0.3, 0.4) is 0 Å². The van der Waals surface area contributed by atoms with Crippen LogP contribution in [0.5, 0.6) is 0 Å². The van der Waals surface area contributed by atoms with Gasteiger partial charge in [-0.05, 0) is 60.5 Å².